The molecule has 0 saturated heterocycles. The Bertz CT molecular complexity index is 395. The third-order valence-corrected chi connectivity index (χ3v) is 3.65. The Kier molecular flexibility index (Phi) is 2.82. The third kappa shape index (κ3) is 2.15. The molecule has 0 radical (unpaired) electrons. The Morgan fingerprint density at radius 1 is 1.62 bits per heavy atom. The maximum Gasteiger partial charge on any atom is 0.142 e. The van der Waals surface area contributed by atoms with Crippen LogP contribution in [0.2, 0.25) is 0 Å². The Hall–Kier alpha value is -1.19. The van der Waals surface area contributed by atoms with Crippen molar-refractivity contribution in [3.63, 3.8) is 0 Å². The lowest BCUT2D eigenvalue weighted by molar-refractivity contribution is -0.124. The molecule has 0 amide bonds. The van der Waals surface area contributed by atoms with Crippen LogP contribution >= 0.6 is 0 Å². The van der Waals surface area contributed by atoms with Gasteiger partial charge in [-0.2, -0.15) is 0 Å². The van der Waals surface area contributed by atoms with E-state index < -0.39 is 0 Å². The molecule has 4 heteroatoms. The number of rotatable bonds is 3. The summed E-state index contributed by atoms with van der Waals surface area (Å²) in [4.78, 5) is 12.2. The highest BCUT2D eigenvalue weighted by molar-refractivity contribution is 5.83. The van der Waals surface area contributed by atoms with E-state index in [0.717, 1.165) is 18.5 Å². The normalized spacial score (nSPS) is 23.6. The molecule has 4 nitrogen and oxygen atoms in total. The summed E-state index contributed by atoms with van der Waals surface area (Å²) >= 11 is 0. The first-order valence-corrected chi connectivity index (χ1v) is 5.87. The number of nitrogens with zero attached hydrogens (tertiary/aromatic N) is 3. The summed E-state index contributed by atoms with van der Waals surface area (Å²) < 4.78 is 1.64. The van der Waals surface area contributed by atoms with Gasteiger partial charge in [-0.15, -0.1) is 5.10 Å². The zero-order valence-electron chi connectivity index (χ0n) is 10.2. The van der Waals surface area contributed by atoms with Gasteiger partial charge in [0.15, 0.2) is 0 Å². The number of ketones is 1. The number of carbonyl (C=O) groups excluding carboxylic acids is 1. The first kappa shape index (κ1) is 11.3. The second-order valence-corrected chi connectivity index (χ2v) is 5.46. The Labute approximate surface area is 96.0 Å². The van der Waals surface area contributed by atoms with Gasteiger partial charge in [-0.25, -0.2) is 0 Å². The van der Waals surface area contributed by atoms with Gasteiger partial charge in [0.25, 0.3) is 0 Å². The molecule has 1 saturated carbocycles. The van der Waals surface area contributed by atoms with E-state index in [-0.39, 0.29) is 11.3 Å². The van der Waals surface area contributed by atoms with Crippen molar-refractivity contribution in [3.8, 4) is 0 Å². The van der Waals surface area contributed by atoms with Gasteiger partial charge in [-0.05, 0) is 18.3 Å². The molecule has 1 atom stereocenters. The first-order chi connectivity index (χ1) is 7.49. The summed E-state index contributed by atoms with van der Waals surface area (Å²) in [7, 11) is 1.82. The standard InChI is InChI=1S/C12H19N3O/c1-12(2)6-4-5-10(12)11(16)7-9-8-15(3)14-13-9/h8,10H,4-7H2,1-3H3. The lowest BCUT2D eigenvalue weighted by Gasteiger charge is -2.25. The number of hydrogen-bond acceptors (Lipinski definition) is 3. The highest BCUT2D eigenvalue weighted by atomic mass is 16.1. The number of Topliss-reactive ketones (excluding diaryl/α,β-unsaturated/α-hetero) is 1. The Balaban J connectivity index is 2.03. The van der Waals surface area contributed by atoms with Gasteiger partial charge in [0.05, 0.1) is 12.1 Å². The van der Waals surface area contributed by atoms with E-state index in [1.165, 1.54) is 6.42 Å². The molecule has 0 aromatic carbocycles. The highest BCUT2D eigenvalue weighted by Gasteiger charge is 2.38. The average molecular weight is 221 g/mol. The van der Waals surface area contributed by atoms with Crippen molar-refractivity contribution in [1.29, 1.82) is 0 Å². The van der Waals surface area contributed by atoms with E-state index in [1.807, 2.05) is 13.2 Å². The number of hydrogen-bond donors (Lipinski definition) is 0. The molecule has 2 rings (SSSR count). The molecule has 1 aliphatic rings. The lowest BCUT2D eigenvalue weighted by atomic mass is 9.78. The minimum absolute atomic E-state index is 0.166. The fraction of sp³-hybridized carbons (Fsp3) is 0.750. The molecule has 0 spiro atoms. The summed E-state index contributed by atoms with van der Waals surface area (Å²) in [6.45, 7) is 4.39. The van der Waals surface area contributed by atoms with Gasteiger partial charge in [0.2, 0.25) is 0 Å². The van der Waals surface area contributed by atoms with Crippen LogP contribution in [0.3, 0.4) is 0 Å². The Morgan fingerprint density at radius 3 is 2.88 bits per heavy atom. The summed E-state index contributed by atoms with van der Waals surface area (Å²) in [5, 5.41) is 7.81. The quantitative estimate of drug-likeness (QED) is 0.781. The van der Waals surface area contributed by atoms with Crippen LogP contribution in [0.1, 0.15) is 38.8 Å². The van der Waals surface area contributed by atoms with Crippen molar-refractivity contribution >= 4 is 5.78 Å². The molecule has 0 N–H and O–H groups in total. The fourth-order valence-corrected chi connectivity index (χ4v) is 2.70. The molecule has 16 heavy (non-hydrogen) atoms. The minimum Gasteiger partial charge on any atom is -0.299 e. The van der Waals surface area contributed by atoms with Gasteiger partial charge in [0, 0.05) is 19.2 Å². The Morgan fingerprint density at radius 2 is 2.38 bits per heavy atom. The summed E-state index contributed by atoms with van der Waals surface area (Å²) in [5.74, 6) is 0.525. The monoisotopic (exact) mass is 221 g/mol. The van der Waals surface area contributed by atoms with Crippen molar-refractivity contribution in [2.45, 2.75) is 39.5 Å². The maximum atomic E-state index is 12.2. The molecule has 0 bridgehead atoms. The van der Waals surface area contributed by atoms with E-state index >= 15 is 0 Å². The summed E-state index contributed by atoms with van der Waals surface area (Å²) in [6, 6.07) is 0. The zero-order valence-corrected chi connectivity index (χ0v) is 10.2. The van der Waals surface area contributed by atoms with E-state index in [4.69, 9.17) is 0 Å². The van der Waals surface area contributed by atoms with Crippen molar-refractivity contribution in [3.05, 3.63) is 11.9 Å². The van der Waals surface area contributed by atoms with Crippen molar-refractivity contribution < 1.29 is 4.79 Å². The predicted molar refractivity (Wildman–Crippen MR) is 60.8 cm³/mol. The van der Waals surface area contributed by atoms with Gasteiger partial charge in [-0.3, -0.25) is 9.48 Å². The minimum atomic E-state index is 0.166. The smallest absolute Gasteiger partial charge is 0.142 e. The zero-order chi connectivity index (χ0) is 11.8. The van der Waals surface area contributed by atoms with Gasteiger partial charge in [0.1, 0.15) is 5.78 Å². The average Bonchev–Trinajstić information content (AvgIpc) is 2.72. The SMILES string of the molecule is Cn1cc(CC(=O)C2CCCC2(C)C)nn1. The van der Waals surface area contributed by atoms with E-state index in [0.29, 0.717) is 12.2 Å². The predicted octanol–water partition coefficient (Wildman–Crippen LogP) is 1.75. The molecule has 1 aromatic rings. The summed E-state index contributed by atoms with van der Waals surface area (Å²) in [5.41, 5.74) is 0.953. The number of carbonyl (C=O) groups is 1. The van der Waals surface area contributed by atoms with Gasteiger partial charge in [-0.1, -0.05) is 25.5 Å². The molecule has 88 valence electrons. The van der Waals surface area contributed by atoms with Crippen LogP contribution in [0.15, 0.2) is 6.20 Å². The van der Waals surface area contributed by atoms with Crippen molar-refractivity contribution in [2.24, 2.45) is 18.4 Å². The molecule has 1 fully saturated rings. The van der Waals surface area contributed by atoms with Gasteiger partial charge >= 0.3 is 0 Å². The second kappa shape index (κ2) is 4.00. The number of aromatic nitrogens is 3. The summed E-state index contributed by atoms with van der Waals surface area (Å²) in [6.07, 6.45) is 5.61. The fourth-order valence-electron chi connectivity index (χ4n) is 2.70. The van der Waals surface area contributed by atoms with Crippen LogP contribution in [0.4, 0.5) is 0 Å². The van der Waals surface area contributed by atoms with Crippen LogP contribution in [-0.4, -0.2) is 20.8 Å². The largest absolute Gasteiger partial charge is 0.299 e. The molecule has 1 heterocycles. The van der Waals surface area contributed by atoms with Crippen LogP contribution in [0.5, 0.6) is 0 Å². The van der Waals surface area contributed by atoms with Crippen LogP contribution in [0, 0.1) is 11.3 Å². The second-order valence-electron chi connectivity index (χ2n) is 5.46. The molecular formula is C12H19N3O. The topological polar surface area (TPSA) is 47.8 Å². The maximum absolute atomic E-state index is 12.2. The van der Waals surface area contributed by atoms with Gasteiger partial charge < -0.3 is 0 Å². The number of aryl methyl sites for hydroxylation is 1. The van der Waals surface area contributed by atoms with E-state index in [9.17, 15) is 4.79 Å². The lowest BCUT2D eigenvalue weighted by Crippen LogP contribution is -2.27. The van der Waals surface area contributed by atoms with Crippen LogP contribution in [0.25, 0.3) is 0 Å². The molecular weight excluding hydrogens is 202 g/mol. The highest BCUT2D eigenvalue weighted by Crippen LogP contribution is 2.43. The van der Waals surface area contributed by atoms with E-state index in [1.54, 1.807) is 4.68 Å². The third-order valence-electron chi connectivity index (χ3n) is 3.65. The first-order valence-electron chi connectivity index (χ1n) is 5.87. The molecule has 1 aromatic heterocycles. The molecule has 1 aliphatic carbocycles. The molecule has 0 aliphatic heterocycles. The van der Waals surface area contributed by atoms with Crippen molar-refractivity contribution in [2.75, 3.05) is 0 Å². The van der Waals surface area contributed by atoms with Crippen LogP contribution < -0.4 is 0 Å². The van der Waals surface area contributed by atoms with Crippen molar-refractivity contribution in [1.82, 2.24) is 15.0 Å². The van der Waals surface area contributed by atoms with Crippen LogP contribution in [-0.2, 0) is 18.3 Å². The molecule has 1 unspecified atom stereocenters. The van der Waals surface area contributed by atoms with E-state index in [2.05, 4.69) is 24.2 Å².